The summed E-state index contributed by atoms with van der Waals surface area (Å²) < 4.78 is 10.3. The summed E-state index contributed by atoms with van der Waals surface area (Å²) in [6.45, 7) is 0. The maximum Gasteiger partial charge on any atom is 0.295 e. The molecule has 0 unspecified atom stereocenters. The normalized spacial score (nSPS) is 10.4. The second-order valence-corrected chi connectivity index (χ2v) is 6.37. The lowest BCUT2D eigenvalue weighted by atomic mass is 9.98. The van der Waals surface area contributed by atoms with Gasteiger partial charge in [-0.1, -0.05) is 16.7 Å². The van der Waals surface area contributed by atoms with Crippen LogP contribution in [-0.4, -0.2) is 35.3 Å². The summed E-state index contributed by atoms with van der Waals surface area (Å²) in [5, 5.41) is 11.3. The fourth-order valence-corrected chi connectivity index (χ4v) is 2.99. The lowest BCUT2D eigenvalue weighted by molar-refractivity contribution is 0.102. The minimum absolute atomic E-state index is 0.267. The summed E-state index contributed by atoms with van der Waals surface area (Å²) in [6, 6.07) is 6.53. The molecule has 0 atom stereocenters. The first-order valence-electron chi connectivity index (χ1n) is 7.30. The van der Waals surface area contributed by atoms with Gasteiger partial charge in [0.25, 0.3) is 11.1 Å². The van der Waals surface area contributed by atoms with E-state index in [1.165, 1.54) is 20.4 Å². The highest BCUT2D eigenvalue weighted by atomic mass is 35.5. The van der Waals surface area contributed by atoms with Crippen LogP contribution in [0, 0.1) is 0 Å². The topological polar surface area (TPSA) is 112 Å². The number of nitrogens with two attached hydrogens (primary N) is 1. The molecular weight excluding hydrogens is 378 g/mol. The third-order valence-corrected chi connectivity index (χ3v) is 4.44. The van der Waals surface area contributed by atoms with Crippen molar-refractivity contribution in [1.29, 1.82) is 0 Å². The molecule has 0 aliphatic carbocycles. The average molecular weight is 392 g/mol. The largest absolute Gasteiger partial charge is 0.494 e. The highest BCUT2D eigenvalue weighted by molar-refractivity contribution is 7.17. The molecule has 2 heterocycles. The molecule has 2 aromatic heterocycles. The summed E-state index contributed by atoms with van der Waals surface area (Å²) in [4.78, 5) is 16.7. The molecule has 0 spiro atoms. The Balaban J connectivity index is 2.03. The molecule has 134 valence electrons. The number of nitrogens with one attached hydrogen (secondary N) is 1. The van der Waals surface area contributed by atoms with Crippen LogP contribution in [0.3, 0.4) is 0 Å². The number of pyridine rings is 1. The van der Waals surface area contributed by atoms with Crippen LogP contribution in [0.15, 0.2) is 30.5 Å². The maximum absolute atomic E-state index is 12.8. The quantitative estimate of drug-likeness (QED) is 0.507. The second kappa shape index (κ2) is 7.54. The van der Waals surface area contributed by atoms with Gasteiger partial charge in [-0.15, -0.1) is 5.10 Å². The van der Waals surface area contributed by atoms with Crippen LogP contribution >= 0.6 is 22.9 Å². The fraction of sp³-hybridized carbons (Fsp3) is 0.125. The summed E-state index contributed by atoms with van der Waals surface area (Å²) in [5.74, 6) is 0.0837. The van der Waals surface area contributed by atoms with E-state index in [2.05, 4.69) is 20.5 Å². The molecule has 0 saturated heterocycles. The molecule has 0 aliphatic heterocycles. The van der Waals surface area contributed by atoms with E-state index in [-0.39, 0.29) is 11.1 Å². The Morgan fingerprint density at radius 3 is 2.69 bits per heavy atom. The van der Waals surface area contributed by atoms with Crippen molar-refractivity contribution >= 4 is 39.7 Å². The SMILES string of the molecule is COc1nnc(NC(=O)c2ccc(N)cc2-c2cc(Cl)ncc2OC)s1. The number of carbonyl (C=O) groups is 1. The first kappa shape index (κ1) is 17.9. The summed E-state index contributed by atoms with van der Waals surface area (Å²) >= 11 is 7.13. The van der Waals surface area contributed by atoms with E-state index in [1.54, 1.807) is 24.3 Å². The molecule has 0 aliphatic rings. The predicted molar refractivity (Wildman–Crippen MR) is 100 cm³/mol. The van der Waals surface area contributed by atoms with E-state index in [0.717, 1.165) is 11.3 Å². The van der Waals surface area contributed by atoms with Crippen LogP contribution in [0.4, 0.5) is 10.8 Å². The number of methoxy groups -OCH3 is 2. The van der Waals surface area contributed by atoms with E-state index in [9.17, 15) is 4.79 Å². The second-order valence-electron chi connectivity index (χ2n) is 5.04. The Morgan fingerprint density at radius 2 is 2.00 bits per heavy atom. The first-order valence-corrected chi connectivity index (χ1v) is 8.49. The van der Waals surface area contributed by atoms with Gasteiger partial charge >= 0.3 is 0 Å². The average Bonchev–Trinajstić information content (AvgIpc) is 3.09. The van der Waals surface area contributed by atoms with E-state index in [0.29, 0.717) is 38.5 Å². The molecule has 0 radical (unpaired) electrons. The Morgan fingerprint density at radius 1 is 1.19 bits per heavy atom. The third kappa shape index (κ3) is 3.68. The van der Waals surface area contributed by atoms with Gasteiger partial charge in [0.2, 0.25) is 5.13 Å². The molecule has 10 heteroatoms. The number of halogens is 1. The van der Waals surface area contributed by atoms with Gasteiger partial charge < -0.3 is 15.2 Å². The molecule has 0 bridgehead atoms. The molecule has 1 amide bonds. The zero-order chi connectivity index (χ0) is 18.7. The number of benzene rings is 1. The first-order chi connectivity index (χ1) is 12.5. The number of hydrogen-bond donors (Lipinski definition) is 2. The fourth-order valence-electron chi connectivity index (χ4n) is 2.28. The zero-order valence-electron chi connectivity index (χ0n) is 13.8. The smallest absolute Gasteiger partial charge is 0.295 e. The Hall–Kier alpha value is -2.91. The lowest BCUT2D eigenvalue weighted by Crippen LogP contribution is -2.13. The van der Waals surface area contributed by atoms with E-state index >= 15 is 0 Å². The maximum atomic E-state index is 12.8. The van der Waals surface area contributed by atoms with Gasteiger partial charge in [0.05, 0.1) is 20.4 Å². The molecule has 8 nitrogen and oxygen atoms in total. The monoisotopic (exact) mass is 391 g/mol. The molecule has 3 rings (SSSR count). The number of carbonyl (C=O) groups excluding carboxylic acids is 1. The van der Waals surface area contributed by atoms with Crippen molar-refractivity contribution in [3.05, 3.63) is 41.2 Å². The Kier molecular flexibility index (Phi) is 5.19. The minimum atomic E-state index is -0.381. The van der Waals surface area contributed by atoms with Gasteiger partial charge in [0.1, 0.15) is 10.9 Å². The number of nitrogen functional groups attached to an aromatic ring is 1. The number of amides is 1. The zero-order valence-corrected chi connectivity index (χ0v) is 15.4. The molecular formula is C16H14ClN5O3S. The molecule has 26 heavy (non-hydrogen) atoms. The van der Waals surface area contributed by atoms with Gasteiger partial charge in [-0.05, 0) is 35.6 Å². The lowest BCUT2D eigenvalue weighted by Gasteiger charge is -2.13. The van der Waals surface area contributed by atoms with Crippen LogP contribution in [0.5, 0.6) is 10.9 Å². The number of nitrogens with zero attached hydrogens (tertiary/aromatic N) is 3. The van der Waals surface area contributed by atoms with Crippen molar-refractivity contribution in [2.24, 2.45) is 0 Å². The number of anilines is 2. The van der Waals surface area contributed by atoms with Crippen LogP contribution in [0.2, 0.25) is 5.15 Å². The molecule has 0 fully saturated rings. The Bertz CT molecular complexity index is 963. The van der Waals surface area contributed by atoms with Crippen LogP contribution in [0.25, 0.3) is 11.1 Å². The predicted octanol–water partition coefficient (Wildman–Crippen LogP) is 3.11. The van der Waals surface area contributed by atoms with Crippen LogP contribution in [0.1, 0.15) is 10.4 Å². The van der Waals surface area contributed by atoms with Crippen molar-refractivity contribution in [2.45, 2.75) is 0 Å². The van der Waals surface area contributed by atoms with Crippen LogP contribution in [-0.2, 0) is 0 Å². The molecule has 1 aromatic carbocycles. The van der Waals surface area contributed by atoms with Crippen molar-refractivity contribution in [1.82, 2.24) is 15.2 Å². The standard InChI is InChI=1S/C16H14ClN5O3S/c1-24-12-7-19-13(17)6-11(12)10-5-8(18)3-4-9(10)14(23)20-15-21-22-16(25-2)26-15/h3-7H,18H2,1-2H3,(H,20,21,23). The molecule has 3 N–H and O–H groups in total. The molecule has 3 aromatic rings. The van der Waals surface area contributed by atoms with E-state index in [1.807, 2.05) is 0 Å². The number of ether oxygens (including phenoxy) is 2. The summed E-state index contributed by atoms with van der Waals surface area (Å²) in [6.07, 6.45) is 1.48. The van der Waals surface area contributed by atoms with Crippen molar-refractivity contribution in [3.63, 3.8) is 0 Å². The van der Waals surface area contributed by atoms with Crippen LogP contribution < -0.4 is 20.5 Å². The molecule has 0 saturated carbocycles. The minimum Gasteiger partial charge on any atom is -0.494 e. The summed E-state index contributed by atoms with van der Waals surface area (Å²) in [7, 11) is 2.98. The van der Waals surface area contributed by atoms with Crippen molar-refractivity contribution in [2.75, 3.05) is 25.3 Å². The van der Waals surface area contributed by atoms with E-state index in [4.69, 9.17) is 26.8 Å². The van der Waals surface area contributed by atoms with E-state index < -0.39 is 0 Å². The third-order valence-electron chi connectivity index (χ3n) is 3.43. The van der Waals surface area contributed by atoms with Gasteiger partial charge in [-0.2, -0.15) is 0 Å². The van der Waals surface area contributed by atoms with Crippen molar-refractivity contribution < 1.29 is 14.3 Å². The van der Waals surface area contributed by atoms with Gasteiger partial charge in [-0.3, -0.25) is 10.1 Å². The summed E-state index contributed by atoms with van der Waals surface area (Å²) in [5.41, 5.74) is 7.92. The van der Waals surface area contributed by atoms with Gasteiger partial charge in [-0.25, -0.2) is 4.98 Å². The Labute approximate surface area is 157 Å². The highest BCUT2D eigenvalue weighted by Gasteiger charge is 2.19. The van der Waals surface area contributed by atoms with Crippen molar-refractivity contribution in [3.8, 4) is 22.1 Å². The highest BCUT2D eigenvalue weighted by Crippen LogP contribution is 2.35. The van der Waals surface area contributed by atoms with Gasteiger partial charge in [0.15, 0.2) is 0 Å². The number of rotatable bonds is 5. The van der Waals surface area contributed by atoms with Gasteiger partial charge in [0, 0.05) is 22.4 Å². The number of hydrogen-bond acceptors (Lipinski definition) is 8. The number of aromatic nitrogens is 3.